The summed E-state index contributed by atoms with van der Waals surface area (Å²) in [5, 5.41) is 3.58. The predicted molar refractivity (Wildman–Crippen MR) is 82.1 cm³/mol. The van der Waals surface area contributed by atoms with Gasteiger partial charge in [0.15, 0.2) is 0 Å². The van der Waals surface area contributed by atoms with Crippen LogP contribution in [0.3, 0.4) is 0 Å². The Labute approximate surface area is 122 Å². The van der Waals surface area contributed by atoms with Crippen molar-refractivity contribution < 1.29 is 9.47 Å². The summed E-state index contributed by atoms with van der Waals surface area (Å²) in [6, 6.07) is 8.41. The van der Waals surface area contributed by atoms with E-state index >= 15 is 0 Å². The van der Waals surface area contributed by atoms with Crippen molar-refractivity contribution in [3.63, 3.8) is 0 Å². The Bertz CT molecular complexity index is 384. The van der Waals surface area contributed by atoms with Gasteiger partial charge < -0.3 is 14.8 Å². The molecular formula is C17H27NO2. The Morgan fingerprint density at radius 3 is 2.50 bits per heavy atom. The number of rotatable bonds is 10. The van der Waals surface area contributed by atoms with E-state index in [2.05, 4.69) is 36.5 Å². The minimum atomic E-state index is 0.514. The molecule has 1 aliphatic carbocycles. The Morgan fingerprint density at radius 2 is 1.90 bits per heavy atom. The van der Waals surface area contributed by atoms with Gasteiger partial charge in [0.05, 0.1) is 6.61 Å². The molecule has 0 amide bonds. The molecule has 0 spiro atoms. The van der Waals surface area contributed by atoms with Crippen LogP contribution in [-0.4, -0.2) is 26.9 Å². The minimum absolute atomic E-state index is 0.514. The van der Waals surface area contributed by atoms with Gasteiger partial charge in [-0.1, -0.05) is 19.1 Å². The standard InChI is InChI=1S/C17H27NO2/c1-3-11-20-16-6-4-15(5-7-16)13-18-14-17(8-9-17)10-12-19-2/h4-7,18H,3,8-14H2,1-2H3. The maximum absolute atomic E-state index is 5.59. The van der Waals surface area contributed by atoms with Crippen LogP contribution in [0.5, 0.6) is 5.75 Å². The molecule has 1 saturated carbocycles. The summed E-state index contributed by atoms with van der Waals surface area (Å²) in [5.74, 6) is 0.967. The van der Waals surface area contributed by atoms with E-state index in [1.165, 1.54) is 24.8 Å². The van der Waals surface area contributed by atoms with E-state index in [1.54, 1.807) is 7.11 Å². The van der Waals surface area contributed by atoms with E-state index in [-0.39, 0.29) is 0 Å². The molecule has 1 fully saturated rings. The molecule has 1 N–H and O–H groups in total. The first-order valence-electron chi connectivity index (χ1n) is 7.69. The second kappa shape index (κ2) is 7.65. The molecule has 1 aromatic rings. The Balaban J connectivity index is 1.69. The predicted octanol–water partition coefficient (Wildman–Crippen LogP) is 3.38. The maximum atomic E-state index is 5.59. The van der Waals surface area contributed by atoms with Crippen LogP contribution in [0.15, 0.2) is 24.3 Å². The monoisotopic (exact) mass is 277 g/mol. The van der Waals surface area contributed by atoms with Gasteiger partial charge in [-0.05, 0) is 48.8 Å². The zero-order valence-electron chi connectivity index (χ0n) is 12.8. The average Bonchev–Trinajstić information content (AvgIpc) is 3.25. The van der Waals surface area contributed by atoms with Crippen molar-refractivity contribution in [3.8, 4) is 5.75 Å². The quantitative estimate of drug-likeness (QED) is 0.711. The van der Waals surface area contributed by atoms with Crippen molar-refractivity contribution in [1.82, 2.24) is 5.32 Å². The number of ether oxygens (including phenoxy) is 2. The minimum Gasteiger partial charge on any atom is -0.494 e. The van der Waals surface area contributed by atoms with Gasteiger partial charge in [-0.2, -0.15) is 0 Å². The van der Waals surface area contributed by atoms with Gasteiger partial charge in [0.1, 0.15) is 5.75 Å². The van der Waals surface area contributed by atoms with E-state index in [0.29, 0.717) is 5.41 Å². The van der Waals surface area contributed by atoms with Crippen LogP contribution < -0.4 is 10.1 Å². The molecule has 0 atom stereocenters. The SMILES string of the molecule is CCCOc1ccc(CNCC2(CCOC)CC2)cc1. The van der Waals surface area contributed by atoms with Gasteiger partial charge in [0.2, 0.25) is 0 Å². The Morgan fingerprint density at radius 1 is 1.15 bits per heavy atom. The lowest BCUT2D eigenvalue weighted by atomic mass is 10.0. The van der Waals surface area contributed by atoms with Crippen LogP contribution in [-0.2, 0) is 11.3 Å². The fraction of sp³-hybridized carbons (Fsp3) is 0.647. The molecular weight excluding hydrogens is 250 g/mol. The van der Waals surface area contributed by atoms with Crippen LogP contribution in [0.1, 0.15) is 38.2 Å². The third kappa shape index (κ3) is 4.80. The summed E-state index contributed by atoms with van der Waals surface area (Å²) in [7, 11) is 1.78. The van der Waals surface area contributed by atoms with E-state index in [4.69, 9.17) is 9.47 Å². The zero-order chi connectivity index (χ0) is 14.3. The lowest BCUT2D eigenvalue weighted by Crippen LogP contribution is -2.24. The summed E-state index contributed by atoms with van der Waals surface area (Å²) < 4.78 is 10.8. The third-order valence-corrected chi connectivity index (χ3v) is 4.02. The fourth-order valence-corrected chi connectivity index (χ4v) is 2.41. The molecule has 1 aliphatic rings. The van der Waals surface area contributed by atoms with E-state index < -0.39 is 0 Å². The highest BCUT2D eigenvalue weighted by atomic mass is 16.5. The Hall–Kier alpha value is -1.06. The van der Waals surface area contributed by atoms with Gasteiger partial charge in [-0.25, -0.2) is 0 Å². The first-order chi connectivity index (χ1) is 9.78. The first-order valence-corrected chi connectivity index (χ1v) is 7.69. The van der Waals surface area contributed by atoms with Crippen LogP contribution in [0.2, 0.25) is 0 Å². The largest absolute Gasteiger partial charge is 0.494 e. The van der Waals surface area contributed by atoms with Gasteiger partial charge in [-0.3, -0.25) is 0 Å². The summed E-state index contributed by atoms with van der Waals surface area (Å²) in [5.41, 5.74) is 1.83. The van der Waals surface area contributed by atoms with Crippen molar-refractivity contribution in [1.29, 1.82) is 0 Å². The number of benzene rings is 1. The molecule has 2 rings (SSSR count). The van der Waals surface area contributed by atoms with Crippen LogP contribution >= 0.6 is 0 Å². The maximum Gasteiger partial charge on any atom is 0.119 e. The average molecular weight is 277 g/mol. The molecule has 0 bridgehead atoms. The zero-order valence-corrected chi connectivity index (χ0v) is 12.8. The summed E-state index contributed by atoms with van der Waals surface area (Å²) in [6.45, 7) is 5.83. The molecule has 1 aromatic carbocycles. The van der Waals surface area contributed by atoms with E-state index in [0.717, 1.165) is 38.5 Å². The molecule has 0 unspecified atom stereocenters. The number of nitrogens with one attached hydrogen (secondary N) is 1. The fourth-order valence-electron chi connectivity index (χ4n) is 2.41. The molecule has 3 heteroatoms. The molecule has 112 valence electrons. The van der Waals surface area contributed by atoms with Crippen molar-refractivity contribution in [2.45, 2.75) is 39.2 Å². The number of hydrogen-bond donors (Lipinski definition) is 1. The van der Waals surface area contributed by atoms with Crippen molar-refractivity contribution in [2.24, 2.45) is 5.41 Å². The van der Waals surface area contributed by atoms with Crippen molar-refractivity contribution in [3.05, 3.63) is 29.8 Å². The highest BCUT2D eigenvalue weighted by molar-refractivity contribution is 5.27. The molecule has 0 saturated heterocycles. The molecule has 3 nitrogen and oxygen atoms in total. The number of methoxy groups -OCH3 is 1. The number of hydrogen-bond acceptors (Lipinski definition) is 3. The van der Waals surface area contributed by atoms with Crippen molar-refractivity contribution >= 4 is 0 Å². The lowest BCUT2D eigenvalue weighted by molar-refractivity contribution is 0.171. The molecule has 0 aromatic heterocycles. The third-order valence-electron chi connectivity index (χ3n) is 4.02. The summed E-state index contributed by atoms with van der Waals surface area (Å²) in [4.78, 5) is 0. The second-order valence-electron chi connectivity index (χ2n) is 5.84. The summed E-state index contributed by atoms with van der Waals surface area (Å²) >= 11 is 0. The normalized spacial score (nSPS) is 16.1. The Kier molecular flexibility index (Phi) is 5.86. The second-order valence-corrected chi connectivity index (χ2v) is 5.84. The lowest BCUT2D eigenvalue weighted by Gasteiger charge is -2.15. The smallest absolute Gasteiger partial charge is 0.119 e. The topological polar surface area (TPSA) is 30.5 Å². The molecule has 0 aliphatic heterocycles. The van der Waals surface area contributed by atoms with E-state index in [9.17, 15) is 0 Å². The molecule has 20 heavy (non-hydrogen) atoms. The highest BCUT2D eigenvalue weighted by Crippen LogP contribution is 2.48. The van der Waals surface area contributed by atoms with Crippen LogP contribution in [0, 0.1) is 5.41 Å². The van der Waals surface area contributed by atoms with Gasteiger partial charge in [-0.15, -0.1) is 0 Å². The van der Waals surface area contributed by atoms with Gasteiger partial charge in [0, 0.05) is 26.8 Å². The van der Waals surface area contributed by atoms with E-state index in [1.807, 2.05) is 0 Å². The van der Waals surface area contributed by atoms with Crippen molar-refractivity contribution in [2.75, 3.05) is 26.9 Å². The van der Waals surface area contributed by atoms with Crippen LogP contribution in [0.4, 0.5) is 0 Å². The highest BCUT2D eigenvalue weighted by Gasteiger charge is 2.41. The summed E-state index contributed by atoms with van der Waals surface area (Å²) in [6.07, 6.45) is 4.91. The van der Waals surface area contributed by atoms with Gasteiger partial charge in [0.25, 0.3) is 0 Å². The molecule has 0 heterocycles. The molecule has 0 radical (unpaired) electrons. The van der Waals surface area contributed by atoms with Gasteiger partial charge >= 0.3 is 0 Å². The first kappa shape index (κ1) is 15.3. The van der Waals surface area contributed by atoms with Crippen LogP contribution in [0.25, 0.3) is 0 Å².